The summed E-state index contributed by atoms with van der Waals surface area (Å²) in [4.78, 5) is 23.1. The van der Waals surface area contributed by atoms with Crippen molar-refractivity contribution in [2.45, 2.75) is 39.0 Å². The van der Waals surface area contributed by atoms with E-state index in [4.69, 9.17) is 4.74 Å². The Morgan fingerprint density at radius 1 is 1.29 bits per heavy atom. The number of nitrogens with zero attached hydrogens (tertiary/aromatic N) is 3. The number of benzene rings is 1. The Morgan fingerprint density at radius 3 is 2.54 bits per heavy atom. The van der Waals surface area contributed by atoms with E-state index in [-0.39, 0.29) is 6.54 Å². The van der Waals surface area contributed by atoms with Crippen LogP contribution in [0.5, 0.6) is 0 Å². The summed E-state index contributed by atoms with van der Waals surface area (Å²) in [5, 5.41) is 19.5. The van der Waals surface area contributed by atoms with E-state index < -0.39 is 23.7 Å². The van der Waals surface area contributed by atoms with Gasteiger partial charge in [0.15, 0.2) is 0 Å². The zero-order valence-corrected chi connectivity index (χ0v) is 13.8. The van der Waals surface area contributed by atoms with Gasteiger partial charge in [-0.2, -0.15) is 0 Å². The lowest BCUT2D eigenvalue weighted by Crippen LogP contribution is -2.45. The van der Waals surface area contributed by atoms with Crippen LogP contribution >= 0.6 is 0 Å². The molecule has 1 aromatic heterocycles. The first-order valence-electron chi connectivity index (χ1n) is 7.42. The summed E-state index contributed by atoms with van der Waals surface area (Å²) < 4.78 is 6.45. The summed E-state index contributed by atoms with van der Waals surface area (Å²) in [6, 6.07) is 8.21. The second kappa shape index (κ2) is 7.12. The van der Waals surface area contributed by atoms with Gasteiger partial charge in [0.05, 0.1) is 12.7 Å². The predicted octanol–water partition coefficient (Wildman–Crippen LogP) is 1.92. The number of aromatic nitrogens is 3. The number of nitrogens with one attached hydrogen (secondary N) is 1. The molecule has 1 aromatic carbocycles. The molecule has 0 radical (unpaired) electrons. The van der Waals surface area contributed by atoms with Crippen molar-refractivity contribution in [3.63, 3.8) is 0 Å². The van der Waals surface area contributed by atoms with E-state index in [0.717, 1.165) is 5.56 Å². The molecule has 0 fully saturated rings. The van der Waals surface area contributed by atoms with Crippen molar-refractivity contribution in [2.24, 2.45) is 0 Å². The average Bonchev–Trinajstić information content (AvgIpc) is 2.94. The molecule has 1 unspecified atom stereocenters. The fourth-order valence-corrected chi connectivity index (χ4v) is 1.95. The smallest absolute Gasteiger partial charge is 0.408 e. The van der Waals surface area contributed by atoms with Crippen molar-refractivity contribution in [2.75, 3.05) is 0 Å². The largest absolute Gasteiger partial charge is 0.480 e. The van der Waals surface area contributed by atoms with Crippen LogP contribution in [0.3, 0.4) is 0 Å². The first-order chi connectivity index (χ1) is 11.2. The third-order valence-electron chi connectivity index (χ3n) is 2.97. The predicted molar refractivity (Wildman–Crippen MR) is 86.3 cm³/mol. The van der Waals surface area contributed by atoms with Crippen molar-refractivity contribution in [3.05, 3.63) is 36.5 Å². The van der Waals surface area contributed by atoms with Gasteiger partial charge in [0.1, 0.15) is 17.3 Å². The number of amides is 1. The fourth-order valence-electron chi connectivity index (χ4n) is 1.95. The standard InChI is InChI=1S/C16H20N4O4/c1-16(2,3)24-15(23)17-13(14(21)22)10-20-9-12(18-19-20)11-7-5-4-6-8-11/h4-9,13H,10H2,1-3H3,(H,17,23)(H,21,22). The summed E-state index contributed by atoms with van der Waals surface area (Å²) >= 11 is 0. The van der Waals surface area contributed by atoms with Gasteiger partial charge in [-0.15, -0.1) is 5.10 Å². The molecular weight excluding hydrogens is 312 g/mol. The molecule has 128 valence electrons. The molecule has 0 aliphatic carbocycles. The summed E-state index contributed by atoms with van der Waals surface area (Å²) in [6.07, 6.45) is 0.834. The van der Waals surface area contributed by atoms with E-state index in [1.807, 2.05) is 30.3 Å². The number of carbonyl (C=O) groups excluding carboxylic acids is 1. The number of aliphatic carboxylic acids is 1. The van der Waals surface area contributed by atoms with E-state index in [1.165, 1.54) is 4.68 Å². The highest BCUT2D eigenvalue weighted by Crippen LogP contribution is 2.15. The molecule has 0 aliphatic heterocycles. The van der Waals surface area contributed by atoms with Gasteiger partial charge >= 0.3 is 12.1 Å². The Bertz CT molecular complexity index is 706. The minimum atomic E-state index is -1.18. The number of carbonyl (C=O) groups is 2. The maximum atomic E-state index is 11.7. The number of hydrogen-bond donors (Lipinski definition) is 2. The highest BCUT2D eigenvalue weighted by Gasteiger charge is 2.24. The molecule has 1 atom stereocenters. The molecule has 0 aliphatic rings. The van der Waals surface area contributed by atoms with Gasteiger partial charge in [-0.1, -0.05) is 35.5 Å². The van der Waals surface area contributed by atoms with Crippen LogP contribution in [0.2, 0.25) is 0 Å². The minimum absolute atomic E-state index is 0.0611. The molecule has 1 heterocycles. The lowest BCUT2D eigenvalue weighted by Gasteiger charge is -2.21. The normalized spacial score (nSPS) is 12.5. The van der Waals surface area contributed by atoms with Crippen LogP contribution in [0.15, 0.2) is 36.5 Å². The zero-order valence-electron chi connectivity index (χ0n) is 13.8. The molecule has 24 heavy (non-hydrogen) atoms. The van der Waals surface area contributed by atoms with Gasteiger partial charge in [-0.3, -0.25) is 0 Å². The Hall–Kier alpha value is -2.90. The van der Waals surface area contributed by atoms with Gasteiger partial charge in [0.2, 0.25) is 0 Å². The highest BCUT2D eigenvalue weighted by atomic mass is 16.6. The lowest BCUT2D eigenvalue weighted by molar-refractivity contribution is -0.139. The lowest BCUT2D eigenvalue weighted by atomic mass is 10.2. The topological polar surface area (TPSA) is 106 Å². The number of hydrogen-bond acceptors (Lipinski definition) is 5. The third kappa shape index (κ3) is 5.08. The van der Waals surface area contributed by atoms with Crippen LogP contribution in [-0.4, -0.2) is 43.8 Å². The molecule has 8 heteroatoms. The maximum absolute atomic E-state index is 11.7. The fraction of sp³-hybridized carbons (Fsp3) is 0.375. The maximum Gasteiger partial charge on any atom is 0.408 e. The quantitative estimate of drug-likeness (QED) is 0.866. The van der Waals surface area contributed by atoms with Gasteiger partial charge in [0, 0.05) is 5.56 Å². The second-order valence-corrected chi connectivity index (χ2v) is 6.23. The molecule has 1 amide bonds. The van der Waals surface area contributed by atoms with E-state index in [9.17, 15) is 14.7 Å². The third-order valence-corrected chi connectivity index (χ3v) is 2.97. The Kier molecular flexibility index (Phi) is 5.18. The summed E-state index contributed by atoms with van der Waals surface area (Å²) in [5.41, 5.74) is 0.786. The molecule has 0 saturated heterocycles. The van der Waals surface area contributed by atoms with Crippen LogP contribution in [0.4, 0.5) is 4.79 Å². The van der Waals surface area contributed by atoms with Crippen LogP contribution in [0, 0.1) is 0 Å². The van der Waals surface area contributed by atoms with Gasteiger partial charge in [0.25, 0.3) is 0 Å². The second-order valence-electron chi connectivity index (χ2n) is 6.23. The Balaban J connectivity index is 2.05. The van der Waals surface area contributed by atoms with Crippen LogP contribution in [0.1, 0.15) is 20.8 Å². The molecule has 0 spiro atoms. The van der Waals surface area contributed by atoms with E-state index in [1.54, 1.807) is 27.0 Å². The summed E-state index contributed by atoms with van der Waals surface area (Å²) in [6.45, 7) is 5.04. The molecule has 2 N–H and O–H groups in total. The number of ether oxygens (including phenoxy) is 1. The first kappa shape index (κ1) is 17.5. The minimum Gasteiger partial charge on any atom is -0.480 e. The number of alkyl carbamates (subject to hydrolysis) is 1. The SMILES string of the molecule is CC(C)(C)OC(=O)NC(Cn1cc(-c2ccccc2)nn1)C(=O)O. The number of carboxylic acid groups (broad SMARTS) is 1. The Morgan fingerprint density at radius 2 is 1.96 bits per heavy atom. The summed E-state index contributed by atoms with van der Waals surface area (Å²) in [7, 11) is 0. The van der Waals surface area contributed by atoms with Crippen molar-refractivity contribution >= 4 is 12.1 Å². The van der Waals surface area contributed by atoms with E-state index >= 15 is 0 Å². The summed E-state index contributed by atoms with van der Waals surface area (Å²) in [5.74, 6) is -1.18. The van der Waals surface area contributed by atoms with Crippen molar-refractivity contribution in [1.29, 1.82) is 0 Å². The molecule has 0 saturated carbocycles. The van der Waals surface area contributed by atoms with Crippen LogP contribution in [0.25, 0.3) is 11.3 Å². The first-order valence-corrected chi connectivity index (χ1v) is 7.42. The van der Waals surface area contributed by atoms with E-state index in [0.29, 0.717) is 5.69 Å². The highest BCUT2D eigenvalue weighted by molar-refractivity contribution is 5.79. The van der Waals surface area contributed by atoms with Crippen molar-refractivity contribution < 1.29 is 19.4 Å². The monoisotopic (exact) mass is 332 g/mol. The van der Waals surface area contributed by atoms with E-state index in [2.05, 4.69) is 15.6 Å². The van der Waals surface area contributed by atoms with Crippen molar-refractivity contribution in [1.82, 2.24) is 20.3 Å². The van der Waals surface area contributed by atoms with Crippen LogP contribution in [-0.2, 0) is 16.1 Å². The van der Waals surface area contributed by atoms with Crippen molar-refractivity contribution in [3.8, 4) is 11.3 Å². The molecule has 2 rings (SSSR count). The Labute approximate surface area is 139 Å². The average molecular weight is 332 g/mol. The van der Waals surface area contributed by atoms with Gasteiger partial charge in [-0.25, -0.2) is 14.3 Å². The van der Waals surface area contributed by atoms with Gasteiger partial charge < -0.3 is 15.2 Å². The molecule has 2 aromatic rings. The van der Waals surface area contributed by atoms with Crippen LogP contribution < -0.4 is 5.32 Å². The van der Waals surface area contributed by atoms with Gasteiger partial charge in [-0.05, 0) is 20.8 Å². The molecule has 8 nitrogen and oxygen atoms in total. The number of rotatable bonds is 5. The molecular formula is C16H20N4O4. The zero-order chi connectivity index (χ0) is 17.7. The molecule has 0 bridgehead atoms. The number of carboxylic acids is 1.